The summed E-state index contributed by atoms with van der Waals surface area (Å²) in [7, 11) is 1.51. The number of halogens is 2. The van der Waals surface area contributed by atoms with Gasteiger partial charge in [-0.2, -0.15) is 0 Å². The summed E-state index contributed by atoms with van der Waals surface area (Å²) in [4.78, 5) is 0. The van der Waals surface area contributed by atoms with Gasteiger partial charge in [0.2, 0.25) is 0 Å². The molecule has 0 aliphatic rings. The molecule has 3 N–H and O–H groups in total. The molecule has 0 aromatic heterocycles. The van der Waals surface area contributed by atoms with Crippen LogP contribution in [0.15, 0.2) is 42.5 Å². The highest BCUT2D eigenvalue weighted by Crippen LogP contribution is 2.27. The predicted octanol–water partition coefficient (Wildman–Crippen LogP) is 2.99. The Labute approximate surface area is 125 Å². The van der Waals surface area contributed by atoms with Crippen LogP contribution in [0.3, 0.4) is 0 Å². The fourth-order valence-corrected chi connectivity index (χ4v) is 2.49. The molecule has 19 heavy (non-hydrogen) atoms. The molecule has 0 heterocycles. The number of nitrogens with two attached hydrogens (primary N) is 1. The Morgan fingerprint density at radius 1 is 1.26 bits per heavy atom. The van der Waals surface area contributed by atoms with Crippen molar-refractivity contribution in [1.29, 1.82) is 0 Å². The maximum absolute atomic E-state index is 14.1. The summed E-state index contributed by atoms with van der Waals surface area (Å²) >= 11 is 2.21. The summed E-state index contributed by atoms with van der Waals surface area (Å²) in [6.07, 6.45) is 0. The molecule has 3 nitrogen and oxygen atoms in total. The SMILES string of the molecule is COc1ccc(C(NN)c2cccc(I)c2)c(F)c1. The second kappa shape index (κ2) is 6.31. The molecule has 0 aliphatic heterocycles. The number of hydrazine groups is 1. The maximum atomic E-state index is 14.1. The zero-order chi connectivity index (χ0) is 13.8. The molecule has 0 aliphatic carbocycles. The topological polar surface area (TPSA) is 47.3 Å². The van der Waals surface area contributed by atoms with Crippen LogP contribution in [0.25, 0.3) is 0 Å². The smallest absolute Gasteiger partial charge is 0.132 e. The van der Waals surface area contributed by atoms with Crippen molar-refractivity contribution < 1.29 is 9.13 Å². The molecule has 1 atom stereocenters. The van der Waals surface area contributed by atoms with Gasteiger partial charge in [-0.05, 0) is 46.4 Å². The van der Waals surface area contributed by atoms with Crippen LogP contribution >= 0.6 is 22.6 Å². The van der Waals surface area contributed by atoms with Gasteiger partial charge >= 0.3 is 0 Å². The van der Waals surface area contributed by atoms with Crippen LogP contribution < -0.4 is 16.0 Å². The van der Waals surface area contributed by atoms with Gasteiger partial charge in [0.15, 0.2) is 0 Å². The average molecular weight is 372 g/mol. The highest BCUT2D eigenvalue weighted by atomic mass is 127. The minimum Gasteiger partial charge on any atom is -0.497 e. The molecule has 0 saturated carbocycles. The van der Waals surface area contributed by atoms with E-state index in [-0.39, 0.29) is 11.9 Å². The summed E-state index contributed by atoms with van der Waals surface area (Å²) < 4.78 is 20.2. The summed E-state index contributed by atoms with van der Waals surface area (Å²) in [5.41, 5.74) is 4.06. The zero-order valence-electron chi connectivity index (χ0n) is 10.4. The fraction of sp³-hybridized carbons (Fsp3) is 0.143. The zero-order valence-corrected chi connectivity index (χ0v) is 12.5. The van der Waals surface area contributed by atoms with Crippen LogP contribution in [0.1, 0.15) is 17.2 Å². The lowest BCUT2D eigenvalue weighted by Crippen LogP contribution is -2.29. The minimum absolute atomic E-state index is 0.346. The third-order valence-electron chi connectivity index (χ3n) is 2.87. The van der Waals surface area contributed by atoms with E-state index in [0.717, 1.165) is 9.13 Å². The van der Waals surface area contributed by atoms with Crippen molar-refractivity contribution in [2.24, 2.45) is 5.84 Å². The Bertz CT molecular complexity index is 577. The van der Waals surface area contributed by atoms with Gasteiger partial charge in [0.25, 0.3) is 0 Å². The highest BCUT2D eigenvalue weighted by Gasteiger charge is 2.17. The third-order valence-corrected chi connectivity index (χ3v) is 3.54. The van der Waals surface area contributed by atoms with Crippen molar-refractivity contribution in [3.8, 4) is 5.75 Å². The van der Waals surface area contributed by atoms with Gasteiger partial charge in [0, 0.05) is 15.2 Å². The first-order valence-electron chi connectivity index (χ1n) is 5.70. The molecule has 2 aromatic carbocycles. The van der Waals surface area contributed by atoms with Crippen LogP contribution in [0.5, 0.6) is 5.75 Å². The van der Waals surface area contributed by atoms with Crippen LogP contribution in [-0.2, 0) is 0 Å². The van der Waals surface area contributed by atoms with Crippen molar-refractivity contribution in [1.82, 2.24) is 5.43 Å². The van der Waals surface area contributed by atoms with Crippen molar-refractivity contribution in [3.05, 3.63) is 63.0 Å². The van der Waals surface area contributed by atoms with E-state index in [4.69, 9.17) is 10.6 Å². The molecular formula is C14H14FIN2O. The summed E-state index contributed by atoms with van der Waals surface area (Å²) in [5, 5.41) is 0. The molecule has 5 heteroatoms. The van der Waals surface area contributed by atoms with Gasteiger partial charge in [0.1, 0.15) is 11.6 Å². The summed E-state index contributed by atoms with van der Waals surface area (Å²) in [6, 6.07) is 12.1. The Kier molecular flexibility index (Phi) is 4.73. The number of ether oxygens (including phenoxy) is 1. The van der Waals surface area contributed by atoms with E-state index in [1.54, 1.807) is 12.1 Å². The first-order chi connectivity index (χ1) is 9.15. The van der Waals surface area contributed by atoms with Gasteiger partial charge in [-0.15, -0.1) is 0 Å². The molecule has 0 spiro atoms. The van der Waals surface area contributed by atoms with Gasteiger partial charge in [0.05, 0.1) is 13.2 Å². The van der Waals surface area contributed by atoms with Gasteiger partial charge in [-0.1, -0.05) is 18.2 Å². The van der Waals surface area contributed by atoms with E-state index in [0.29, 0.717) is 11.3 Å². The number of hydrogen-bond acceptors (Lipinski definition) is 3. The normalized spacial score (nSPS) is 12.2. The number of nitrogens with one attached hydrogen (secondary N) is 1. The van der Waals surface area contributed by atoms with E-state index in [2.05, 4.69) is 28.0 Å². The molecule has 0 saturated heterocycles. The minimum atomic E-state index is -0.388. The summed E-state index contributed by atoms with van der Waals surface area (Å²) in [6.45, 7) is 0. The Morgan fingerprint density at radius 2 is 2.05 bits per heavy atom. The number of rotatable bonds is 4. The van der Waals surface area contributed by atoms with Crippen molar-refractivity contribution >= 4 is 22.6 Å². The molecule has 0 amide bonds. The van der Waals surface area contributed by atoms with Crippen molar-refractivity contribution in [3.63, 3.8) is 0 Å². The molecule has 100 valence electrons. The van der Waals surface area contributed by atoms with E-state index >= 15 is 0 Å². The molecule has 0 fully saturated rings. The van der Waals surface area contributed by atoms with Crippen LogP contribution in [0, 0.1) is 9.39 Å². The van der Waals surface area contributed by atoms with Crippen LogP contribution in [-0.4, -0.2) is 7.11 Å². The number of hydrogen-bond donors (Lipinski definition) is 2. The second-order valence-corrected chi connectivity index (χ2v) is 5.29. The van der Waals surface area contributed by atoms with E-state index in [1.165, 1.54) is 13.2 Å². The van der Waals surface area contributed by atoms with Crippen molar-refractivity contribution in [2.75, 3.05) is 7.11 Å². The van der Waals surface area contributed by atoms with Gasteiger partial charge in [-0.3, -0.25) is 5.84 Å². The lowest BCUT2D eigenvalue weighted by molar-refractivity contribution is 0.410. The first kappa shape index (κ1) is 14.2. The maximum Gasteiger partial charge on any atom is 0.132 e. The van der Waals surface area contributed by atoms with E-state index in [9.17, 15) is 4.39 Å². The van der Waals surface area contributed by atoms with Gasteiger partial charge < -0.3 is 4.74 Å². The molecule has 2 rings (SSSR count). The summed E-state index contributed by atoms with van der Waals surface area (Å²) in [5.74, 6) is 5.72. The number of methoxy groups -OCH3 is 1. The Morgan fingerprint density at radius 3 is 2.63 bits per heavy atom. The third kappa shape index (κ3) is 3.23. The molecule has 0 radical (unpaired) electrons. The molecule has 1 unspecified atom stereocenters. The van der Waals surface area contributed by atoms with Crippen molar-refractivity contribution in [2.45, 2.75) is 6.04 Å². The predicted molar refractivity (Wildman–Crippen MR) is 81.3 cm³/mol. The van der Waals surface area contributed by atoms with E-state index < -0.39 is 0 Å². The first-order valence-corrected chi connectivity index (χ1v) is 6.78. The number of benzene rings is 2. The van der Waals surface area contributed by atoms with Gasteiger partial charge in [-0.25, -0.2) is 9.82 Å². The highest BCUT2D eigenvalue weighted by molar-refractivity contribution is 14.1. The average Bonchev–Trinajstić information content (AvgIpc) is 2.41. The standard InChI is InChI=1S/C14H14FIN2O/c1-19-11-5-6-12(13(15)8-11)14(18-17)9-3-2-4-10(16)7-9/h2-8,14,18H,17H2,1H3. The quantitative estimate of drug-likeness (QED) is 0.493. The largest absolute Gasteiger partial charge is 0.497 e. The van der Waals surface area contributed by atoms with Crippen LogP contribution in [0.2, 0.25) is 0 Å². The molecule has 0 bridgehead atoms. The fourth-order valence-electron chi connectivity index (χ4n) is 1.92. The Balaban J connectivity index is 2.42. The van der Waals surface area contributed by atoms with Crippen LogP contribution in [0.4, 0.5) is 4.39 Å². The molecular weight excluding hydrogens is 358 g/mol. The molecule has 2 aromatic rings. The second-order valence-electron chi connectivity index (χ2n) is 4.04. The monoisotopic (exact) mass is 372 g/mol. The Hall–Kier alpha value is -1.18. The van der Waals surface area contributed by atoms with E-state index in [1.807, 2.05) is 24.3 Å². The lowest BCUT2D eigenvalue weighted by Gasteiger charge is -2.18. The lowest BCUT2D eigenvalue weighted by atomic mass is 9.99.